The first kappa shape index (κ1) is 16.0. The second-order valence-electron chi connectivity index (χ2n) is 6.35. The lowest BCUT2D eigenvalue weighted by atomic mass is 10.1. The number of aliphatic hydroxyl groups is 1. The van der Waals surface area contributed by atoms with E-state index < -0.39 is 6.10 Å². The van der Waals surface area contributed by atoms with E-state index in [0.717, 1.165) is 25.9 Å². The predicted molar refractivity (Wildman–Crippen MR) is 87.6 cm³/mol. The zero-order valence-corrected chi connectivity index (χ0v) is 13.4. The first-order chi connectivity index (χ1) is 11.0. The maximum Gasteiger partial charge on any atom is 0.321 e. The van der Waals surface area contributed by atoms with Gasteiger partial charge in [-0.05, 0) is 45.0 Å². The highest BCUT2D eigenvalue weighted by atomic mass is 16.3. The van der Waals surface area contributed by atoms with Gasteiger partial charge in [-0.1, -0.05) is 12.1 Å². The van der Waals surface area contributed by atoms with Gasteiger partial charge in [-0.15, -0.1) is 0 Å². The van der Waals surface area contributed by atoms with Crippen LogP contribution < -0.4 is 5.32 Å². The second-order valence-corrected chi connectivity index (χ2v) is 6.35. The van der Waals surface area contributed by atoms with Crippen molar-refractivity contribution in [2.75, 3.05) is 31.5 Å². The molecule has 0 bridgehead atoms. The van der Waals surface area contributed by atoms with E-state index in [9.17, 15) is 14.7 Å². The first-order valence-electron chi connectivity index (χ1n) is 8.13. The van der Waals surface area contributed by atoms with Crippen LogP contribution in [-0.4, -0.2) is 65.0 Å². The number of nitrogens with one attached hydrogen (secondary N) is 1. The Hall–Kier alpha value is -1.92. The molecule has 2 aliphatic rings. The smallest absolute Gasteiger partial charge is 0.321 e. The number of likely N-dealkylation sites (tertiary alicyclic amines) is 2. The predicted octanol–water partition coefficient (Wildman–Crippen LogP) is 1.56. The first-order valence-corrected chi connectivity index (χ1v) is 8.13. The molecule has 1 aromatic carbocycles. The fourth-order valence-electron chi connectivity index (χ4n) is 3.39. The van der Waals surface area contributed by atoms with Gasteiger partial charge in [-0.25, -0.2) is 4.79 Å². The minimum absolute atomic E-state index is 0.0341. The van der Waals surface area contributed by atoms with Crippen LogP contribution in [0.5, 0.6) is 0 Å². The molecular formula is C17H23N3O3. The molecule has 6 nitrogen and oxygen atoms in total. The van der Waals surface area contributed by atoms with Crippen molar-refractivity contribution in [3.8, 4) is 0 Å². The summed E-state index contributed by atoms with van der Waals surface area (Å²) in [6.07, 6.45) is 1.82. The normalized spacial score (nSPS) is 24.9. The Labute approximate surface area is 136 Å². The van der Waals surface area contributed by atoms with Crippen molar-refractivity contribution in [2.24, 2.45) is 0 Å². The number of Topliss-reactive ketones (excluding diaryl/α,β-unsaturated/α-hetero) is 1. The summed E-state index contributed by atoms with van der Waals surface area (Å²) in [6.45, 7) is 4.38. The largest absolute Gasteiger partial charge is 0.390 e. The molecule has 124 valence electrons. The van der Waals surface area contributed by atoms with Crippen LogP contribution in [0, 0.1) is 0 Å². The van der Waals surface area contributed by atoms with Gasteiger partial charge >= 0.3 is 6.03 Å². The van der Waals surface area contributed by atoms with Crippen LogP contribution in [0.25, 0.3) is 0 Å². The van der Waals surface area contributed by atoms with Crippen LogP contribution in [-0.2, 0) is 0 Å². The van der Waals surface area contributed by atoms with Crippen LogP contribution in [0.1, 0.15) is 30.1 Å². The number of carbonyl (C=O) groups excluding carboxylic acids is 2. The molecule has 3 rings (SSSR count). The molecule has 0 spiro atoms. The maximum absolute atomic E-state index is 12.4. The quantitative estimate of drug-likeness (QED) is 0.830. The Morgan fingerprint density at radius 2 is 1.96 bits per heavy atom. The van der Waals surface area contributed by atoms with Crippen molar-refractivity contribution in [1.29, 1.82) is 0 Å². The van der Waals surface area contributed by atoms with Gasteiger partial charge in [0.15, 0.2) is 5.78 Å². The Balaban J connectivity index is 1.62. The summed E-state index contributed by atoms with van der Waals surface area (Å²) < 4.78 is 0. The second kappa shape index (κ2) is 6.68. The number of anilines is 1. The van der Waals surface area contributed by atoms with Gasteiger partial charge in [0, 0.05) is 17.8 Å². The lowest BCUT2D eigenvalue weighted by Crippen LogP contribution is -2.41. The summed E-state index contributed by atoms with van der Waals surface area (Å²) in [4.78, 5) is 27.7. The zero-order valence-electron chi connectivity index (χ0n) is 13.4. The molecule has 0 radical (unpaired) electrons. The van der Waals surface area contributed by atoms with E-state index >= 15 is 0 Å². The highest BCUT2D eigenvalue weighted by molar-refractivity contribution is 5.96. The zero-order chi connectivity index (χ0) is 16.4. The minimum atomic E-state index is -0.498. The van der Waals surface area contributed by atoms with Crippen LogP contribution >= 0.6 is 0 Å². The molecule has 2 aliphatic heterocycles. The number of aliphatic hydroxyl groups excluding tert-OH is 1. The number of benzene rings is 1. The molecule has 2 heterocycles. The van der Waals surface area contributed by atoms with Crippen molar-refractivity contribution in [1.82, 2.24) is 9.80 Å². The molecule has 0 unspecified atom stereocenters. The number of hydrogen-bond donors (Lipinski definition) is 2. The minimum Gasteiger partial charge on any atom is -0.390 e. The van der Waals surface area contributed by atoms with Crippen molar-refractivity contribution in [2.45, 2.75) is 31.9 Å². The molecule has 0 saturated carbocycles. The number of ketones is 1. The number of carbonyl (C=O) groups is 2. The number of nitrogens with zero attached hydrogens (tertiary/aromatic N) is 2. The van der Waals surface area contributed by atoms with Crippen LogP contribution in [0.2, 0.25) is 0 Å². The highest BCUT2D eigenvalue weighted by Gasteiger charge is 2.38. The summed E-state index contributed by atoms with van der Waals surface area (Å²) in [7, 11) is 0. The summed E-state index contributed by atoms with van der Waals surface area (Å²) in [5.41, 5.74) is 1.17. The van der Waals surface area contributed by atoms with Gasteiger partial charge in [0.05, 0.1) is 18.7 Å². The van der Waals surface area contributed by atoms with Gasteiger partial charge < -0.3 is 15.3 Å². The lowest BCUT2D eigenvalue weighted by Gasteiger charge is -2.25. The third-order valence-electron chi connectivity index (χ3n) is 4.68. The van der Waals surface area contributed by atoms with Crippen LogP contribution in [0.3, 0.4) is 0 Å². The molecule has 2 amide bonds. The summed E-state index contributed by atoms with van der Waals surface area (Å²) >= 11 is 0. The van der Waals surface area contributed by atoms with Gasteiger partial charge in [0.2, 0.25) is 0 Å². The Kier molecular flexibility index (Phi) is 4.63. The van der Waals surface area contributed by atoms with Crippen LogP contribution in [0.15, 0.2) is 24.3 Å². The SMILES string of the molecule is CC(=O)c1cccc(NC(=O)N2C[C@@H](O)[C@@H](N3CCCC3)C2)c1. The monoisotopic (exact) mass is 317 g/mol. The molecule has 2 saturated heterocycles. The lowest BCUT2D eigenvalue weighted by molar-refractivity contribution is 0.0980. The molecular weight excluding hydrogens is 294 g/mol. The molecule has 2 atom stereocenters. The standard InChI is InChI=1S/C17H23N3O3/c1-12(21)13-5-4-6-14(9-13)18-17(23)20-10-15(16(22)11-20)19-7-2-3-8-19/h4-6,9,15-16,22H,2-3,7-8,10-11H2,1H3,(H,18,23)/t15-,16+/m0/s1. The summed E-state index contributed by atoms with van der Waals surface area (Å²) in [5, 5.41) is 13.1. The fourth-order valence-corrected chi connectivity index (χ4v) is 3.39. The van der Waals surface area contributed by atoms with E-state index in [-0.39, 0.29) is 17.9 Å². The van der Waals surface area contributed by atoms with Gasteiger partial charge in [0.1, 0.15) is 0 Å². The van der Waals surface area contributed by atoms with Crippen molar-refractivity contribution in [3.05, 3.63) is 29.8 Å². The molecule has 0 aromatic heterocycles. The topological polar surface area (TPSA) is 72.9 Å². The van der Waals surface area contributed by atoms with Gasteiger partial charge in [-0.3, -0.25) is 9.69 Å². The summed E-state index contributed by atoms with van der Waals surface area (Å²) in [5.74, 6) is -0.0354. The number of urea groups is 1. The van der Waals surface area contributed by atoms with Crippen molar-refractivity contribution in [3.63, 3.8) is 0 Å². The Morgan fingerprint density at radius 1 is 1.22 bits per heavy atom. The number of rotatable bonds is 3. The average Bonchev–Trinajstić information content (AvgIpc) is 3.16. The summed E-state index contributed by atoms with van der Waals surface area (Å²) in [6, 6.07) is 6.71. The van der Waals surface area contributed by atoms with E-state index in [4.69, 9.17) is 0 Å². The molecule has 0 aliphatic carbocycles. The molecule has 2 N–H and O–H groups in total. The third-order valence-corrected chi connectivity index (χ3v) is 4.68. The molecule has 23 heavy (non-hydrogen) atoms. The van der Waals surface area contributed by atoms with E-state index in [1.807, 2.05) is 0 Å². The van der Waals surface area contributed by atoms with E-state index in [0.29, 0.717) is 24.3 Å². The fraction of sp³-hybridized carbons (Fsp3) is 0.529. The highest BCUT2D eigenvalue weighted by Crippen LogP contribution is 2.22. The molecule has 2 fully saturated rings. The molecule has 1 aromatic rings. The van der Waals surface area contributed by atoms with E-state index in [1.165, 1.54) is 6.92 Å². The Bertz CT molecular complexity index is 599. The number of hydrogen-bond acceptors (Lipinski definition) is 4. The molecule has 6 heteroatoms. The van der Waals surface area contributed by atoms with Gasteiger partial charge in [-0.2, -0.15) is 0 Å². The van der Waals surface area contributed by atoms with E-state index in [1.54, 1.807) is 29.2 Å². The number of amides is 2. The van der Waals surface area contributed by atoms with Gasteiger partial charge in [0.25, 0.3) is 0 Å². The third kappa shape index (κ3) is 3.54. The number of β-amino-alcohol motifs (C(OH)–C–C–N with tert-alkyl or cyclic N) is 1. The van der Waals surface area contributed by atoms with Crippen molar-refractivity contribution >= 4 is 17.5 Å². The average molecular weight is 317 g/mol. The van der Waals surface area contributed by atoms with Crippen molar-refractivity contribution < 1.29 is 14.7 Å². The Morgan fingerprint density at radius 3 is 2.65 bits per heavy atom. The van der Waals surface area contributed by atoms with Crippen LogP contribution in [0.4, 0.5) is 10.5 Å². The van der Waals surface area contributed by atoms with E-state index in [2.05, 4.69) is 10.2 Å². The maximum atomic E-state index is 12.4.